The van der Waals surface area contributed by atoms with Gasteiger partial charge < -0.3 is 10.1 Å². The first-order valence-corrected chi connectivity index (χ1v) is 6.74. The van der Waals surface area contributed by atoms with Gasteiger partial charge in [0.05, 0.1) is 5.52 Å². The Hall–Kier alpha value is -1.81. The number of rotatable bonds is 2. The number of hydrogen-bond donors (Lipinski definition) is 1. The number of pyridine rings is 1. The molecule has 0 aliphatic heterocycles. The molecule has 1 aromatic carbocycles. The maximum Gasteiger partial charge on any atom is 0.407 e. The van der Waals surface area contributed by atoms with Crippen molar-refractivity contribution in [3.8, 4) is 0 Å². The molecule has 0 fully saturated rings. The summed E-state index contributed by atoms with van der Waals surface area (Å²) >= 11 is 6.12. The van der Waals surface area contributed by atoms with Crippen molar-refractivity contribution in [3.05, 3.63) is 41.0 Å². The number of halogens is 1. The van der Waals surface area contributed by atoms with Gasteiger partial charge in [-0.3, -0.25) is 0 Å². The normalized spacial score (nSPS) is 11.4. The Morgan fingerprint density at radius 1 is 1.35 bits per heavy atom. The Morgan fingerprint density at radius 2 is 2.05 bits per heavy atom. The van der Waals surface area contributed by atoms with Crippen LogP contribution in [0.2, 0.25) is 5.15 Å². The molecule has 5 heteroatoms. The predicted molar refractivity (Wildman–Crippen MR) is 79.8 cm³/mol. The van der Waals surface area contributed by atoms with Crippen molar-refractivity contribution in [2.45, 2.75) is 32.9 Å². The van der Waals surface area contributed by atoms with Crippen LogP contribution in [0.4, 0.5) is 4.79 Å². The third-order valence-electron chi connectivity index (χ3n) is 2.57. The Labute approximate surface area is 123 Å². The van der Waals surface area contributed by atoms with E-state index in [0.717, 1.165) is 16.5 Å². The quantitative estimate of drug-likeness (QED) is 0.854. The monoisotopic (exact) mass is 292 g/mol. The lowest BCUT2D eigenvalue weighted by Crippen LogP contribution is -2.32. The van der Waals surface area contributed by atoms with E-state index in [1.165, 1.54) is 0 Å². The van der Waals surface area contributed by atoms with Crippen LogP contribution in [0, 0.1) is 0 Å². The van der Waals surface area contributed by atoms with Crippen molar-refractivity contribution in [2.24, 2.45) is 0 Å². The number of nitrogens with zero attached hydrogens (tertiary/aromatic N) is 1. The maximum absolute atomic E-state index is 11.6. The van der Waals surface area contributed by atoms with Gasteiger partial charge >= 0.3 is 6.09 Å². The summed E-state index contributed by atoms with van der Waals surface area (Å²) < 4.78 is 5.17. The number of ether oxygens (including phenoxy) is 1. The predicted octanol–water partition coefficient (Wildman–Crippen LogP) is 3.91. The number of carbonyl (C=O) groups excluding carboxylic acids is 1. The highest BCUT2D eigenvalue weighted by atomic mass is 35.5. The van der Waals surface area contributed by atoms with Gasteiger partial charge in [0.15, 0.2) is 0 Å². The van der Waals surface area contributed by atoms with E-state index in [0.29, 0.717) is 5.15 Å². The second-order valence-electron chi connectivity index (χ2n) is 5.49. The van der Waals surface area contributed by atoms with Crippen molar-refractivity contribution >= 4 is 28.6 Å². The average Bonchev–Trinajstić information content (AvgIpc) is 2.34. The Bertz CT molecular complexity index is 635. The van der Waals surface area contributed by atoms with Gasteiger partial charge in [-0.15, -0.1) is 0 Å². The summed E-state index contributed by atoms with van der Waals surface area (Å²) in [4.78, 5) is 15.9. The van der Waals surface area contributed by atoms with Crippen LogP contribution < -0.4 is 5.32 Å². The number of hydrogen-bond acceptors (Lipinski definition) is 3. The van der Waals surface area contributed by atoms with Crippen LogP contribution >= 0.6 is 11.6 Å². The first-order valence-electron chi connectivity index (χ1n) is 6.36. The fourth-order valence-corrected chi connectivity index (χ4v) is 1.95. The molecular weight excluding hydrogens is 276 g/mol. The number of aromatic nitrogens is 1. The minimum atomic E-state index is -0.518. The molecule has 0 unspecified atom stereocenters. The van der Waals surface area contributed by atoms with Crippen molar-refractivity contribution < 1.29 is 9.53 Å². The minimum Gasteiger partial charge on any atom is -0.444 e. The molecule has 0 aliphatic carbocycles. The molecule has 106 valence electrons. The summed E-state index contributed by atoms with van der Waals surface area (Å²) in [6.07, 6.45) is -0.471. The molecule has 1 amide bonds. The van der Waals surface area contributed by atoms with Gasteiger partial charge in [0.2, 0.25) is 0 Å². The highest BCUT2D eigenvalue weighted by Crippen LogP contribution is 2.20. The minimum absolute atomic E-state index is 0.283. The highest BCUT2D eigenvalue weighted by Gasteiger charge is 2.16. The number of para-hydroxylation sites is 1. The van der Waals surface area contributed by atoms with Crippen molar-refractivity contribution in [2.75, 3.05) is 0 Å². The van der Waals surface area contributed by atoms with Crippen LogP contribution in [0.1, 0.15) is 26.3 Å². The molecule has 0 radical (unpaired) electrons. The number of amides is 1. The van der Waals surface area contributed by atoms with Crippen LogP contribution in [0.3, 0.4) is 0 Å². The van der Waals surface area contributed by atoms with Gasteiger partial charge in [0.1, 0.15) is 10.8 Å². The van der Waals surface area contributed by atoms with Gasteiger partial charge in [-0.05, 0) is 32.9 Å². The molecule has 0 aliphatic rings. The molecule has 1 aromatic heterocycles. The van der Waals surface area contributed by atoms with Crippen molar-refractivity contribution in [3.63, 3.8) is 0 Å². The lowest BCUT2D eigenvalue weighted by Gasteiger charge is -2.19. The molecule has 0 spiro atoms. The number of nitrogens with one attached hydrogen (secondary N) is 1. The van der Waals surface area contributed by atoms with E-state index in [2.05, 4.69) is 10.3 Å². The Kier molecular flexibility index (Phi) is 4.14. The van der Waals surface area contributed by atoms with E-state index in [1.54, 1.807) is 0 Å². The zero-order valence-corrected chi connectivity index (χ0v) is 12.5. The fourth-order valence-electron chi connectivity index (χ4n) is 1.74. The standard InChI is InChI=1S/C15H17ClN2O2/c1-15(2,3)20-14(19)17-9-11-8-10-6-4-5-7-12(10)18-13(11)16/h4-8H,9H2,1-3H3,(H,17,19). The van der Waals surface area contributed by atoms with Crippen LogP contribution in [0.25, 0.3) is 10.9 Å². The van der Waals surface area contributed by atoms with Crippen molar-refractivity contribution in [1.29, 1.82) is 0 Å². The molecular formula is C15H17ClN2O2. The molecule has 4 nitrogen and oxygen atoms in total. The van der Waals surface area contributed by atoms with Gasteiger partial charge in [-0.2, -0.15) is 0 Å². The third kappa shape index (κ3) is 3.84. The summed E-state index contributed by atoms with van der Waals surface area (Å²) in [6.45, 7) is 5.73. The van der Waals surface area contributed by atoms with Crippen LogP contribution in [0.5, 0.6) is 0 Å². The molecule has 1 N–H and O–H groups in total. The second kappa shape index (κ2) is 5.67. The zero-order chi connectivity index (χ0) is 14.8. The molecule has 20 heavy (non-hydrogen) atoms. The topological polar surface area (TPSA) is 51.2 Å². The third-order valence-corrected chi connectivity index (χ3v) is 2.90. The number of carbonyl (C=O) groups is 1. The molecule has 2 rings (SSSR count). The van der Waals surface area contributed by atoms with E-state index in [9.17, 15) is 4.79 Å². The van der Waals surface area contributed by atoms with Crippen LogP contribution in [0.15, 0.2) is 30.3 Å². The molecule has 0 saturated heterocycles. The molecule has 0 saturated carbocycles. The average molecular weight is 293 g/mol. The number of fused-ring (bicyclic) bond motifs is 1. The largest absolute Gasteiger partial charge is 0.444 e. The molecule has 1 heterocycles. The van der Waals surface area contributed by atoms with Gasteiger partial charge in [-0.25, -0.2) is 9.78 Å². The Morgan fingerprint density at radius 3 is 2.75 bits per heavy atom. The van der Waals surface area contributed by atoms with E-state index < -0.39 is 11.7 Å². The van der Waals surface area contributed by atoms with E-state index in [-0.39, 0.29) is 6.54 Å². The lowest BCUT2D eigenvalue weighted by atomic mass is 10.1. The van der Waals surface area contributed by atoms with Crippen LogP contribution in [-0.2, 0) is 11.3 Å². The second-order valence-corrected chi connectivity index (χ2v) is 5.84. The lowest BCUT2D eigenvalue weighted by molar-refractivity contribution is 0.0523. The maximum atomic E-state index is 11.6. The van der Waals surface area contributed by atoms with Crippen molar-refractivity contribution in [1.82, 2.24) is 10.3 Å². The molecule has 2 aromatic rings. The number of benzene rings is 1. The summed E-state index contributed by atoms with van der Waals surface area (Å²) in [5.41, 5.74) is 1.07. The fraction of sp³-hybridized carbons (Fsp3) is 0.333. The van der Waals surface area contributed by atoms with Gasteiger partial charge in [-0.1, -0.05) is 29.8 Å². The van der Waals surface area contributed by atoms with E-state index in [1.807, 2.05) is 51.1 Å². The smallest absolute Gasteiger partial charge is 0.407 e. The molecule has 0 bridgehead atoms. The summed E-state index contributed by atoms with van der Waals surface area (Å²) in [7, 11) is 0. The zero-order valence-electron chi connectivity index (χ0n) is 11.7. The van der Waals surface area contributed by atoms with E-state index in [4.69, 9.17) is 16.3 Å². The Balaban J connectivity index is 2.10. The summed E-state index contributed by atoms with van der Waals surface area (Å²) in [6, 6.07) is 9.61. The number of alkyl carbamates (subject to hydrolysis) is 1. The first kappa shape index (κ1) is 14.6. The van der Waals surface area contributed by atoms with E-state index >= 15 is 0 Å². The summed E-state index contributed by atoms with van der Waals surface area (Å²) in [5, 5.41) is 4.05. The first-order chi connectivity index (χ1) is 9.35. The molecule has 0 atom stereocenters. The highest BCUT2D eigenvalue weighted by molar-refractivity contribution is 6.30. The van der Waals surface area contributed by atoms with Gasteiger partial charge in [0, 0.05) is 17.5 Å². The summed E-state index contributed by atoms with van der Waals surface area (Å²) in [5.74, 6) is 0. The van der Waals surface area contributed by atoms with Gasteiger partial charge in [0.25, 0.3) is 0 Å². The van der Waals surface area contributed by atoms with Crippen LogP contribution in [-0.4, -0.2) is 16.7 Å². The SMILES string of the molecule is CC(C)(C)OC(=O)NCc1cc2ccccc2nc1Cl.